The van der Waals surface area contributed by atoms with E-state index in [1.165, 1.54) is 6.07 Å². The van der Waals surface area contributed by atoms with Gasteiger partial charge in [-0.15, -0.1) is 0 Å². The largest absolute Gasteiger partial charge is 0.482 e. The van der Waals surface area contributed by atoms with Gasteiger partial charge in [0.25, 0.3) is 5.91 Å². The molecule has 32 heavy (non-hydrogen) atoms. The third-order valence-corrected chi connectivity index (χ3v) is 11.0. The number of aromatic nitrogens is 1. The summed E-state index contributed by atoms with van der Waals surface area (Å²) in [5.41, 5.74) is 0.876. The van der Waals surface area contributed by atoms with E-state index < -0.39 is 8.32 Å². The number of carbonyl (C=O) groups is 1. The highest BCUT2D eigenvalue weighted by Crippen LogP contribution is 2.36. The van der Waals surface area contributed by atoms with E-state index in [1.54, 1.807) is 15.8 Å². The van der Waals surface area contributed by atoms with Crippen molar-refractivity contribution in [2.75, 3.05) is 25.3 Å². The van der Waals surface area contributed by atoms with Gasteiger partial charge in [-0.05, 0) is 30.6 Å². The Hall–Kier alpha value is -2.58. The van der Waals surface area contributed by atoms with Gasteiger partial charge in [0.05, 0.1) is 12.6 Å². The second-order valence-corrected chi connectivity index (χ2v) is 14.8. The van der Waals surface area contributed by atoms with Gasteiger partial charge in [0.2, 0.25) is 5.43 Å². The van der Waals surface area contributed by atoms with Gasteiger partial charge >= 0.3 is 0 Å². The lowest BCUT2D eigenvalue weighted by molar-refractivity contribution is 0.0550. The zero-order valence-corrected chi connectivity index (χ0v) is 21.2. The minimum absolute atomic E-state index is 0.0791. The molecule has 0 bridgehead atoms. The minimum atomic E-state index is -1.94. The molecule has 3 rings (SSSR count). The summed E-state index contributed by atoms with van der Waals surface area (Å²) in [7, 11) is -0.0587. The number of ether oxygens (including phenoxy) is 1. The molecule has 8 heteroatoms. The molecule has 1 aromatic heterocycles. The average Bonchev–Trinajstić information content (AvgIpc) is 2.73. The number of benzene rings is 1. The Bertz CT molecular complexity index is 1010. The summed E-state index contributed by atoms with van der Waals surface area (Å²) in [4.78, 5) is 27.9. The highest BCUT2D eigenvalue weighted by atomic mass is 28.4. The topological polar surface area (TPSA) is 64.0 Å². The number of hydrogen-bond acceptors (Lipinski definition) is 5. The van der Waals surface area contributed by atoms with Gasteiger partial charge in [0.15, 0.2) is 19.8 Å². The Balaban J connectivity index is 1.84. The molecule has 1 amide bonds. The molecule has 1 atom stereocenters. The van der Waals surface area contributed by atoms with Gasteiger partial charge < -0.3 is 14.1 Å². The van der Waals surface area contributed by atoms with Crippen molar-refractivity contribution in [3.05, 3.63) is 64.1 Å². The van der Waals surface area contributed by atoms with E-state index in [1.807, 2.05) is 49.3 Å². The Morgan fingerprint density at radius 1 is 1.09 bits per heavy atom. The maximum atomic E-state index is 13.5. The first kappa shape index (κ1) is 24.1. The van der Waals surface area contributed by atoms with Crippen LogP contribution in [0.4, 0.5) is 0 Å². The lowest BCUT2D eigenvalue weighted by Gasteiger charge is -2.42. The molecule has 0 N–H and O–H groups in total. The maximum Gasteiger partial charge on any atom is 0.278 e. The Morgan fingerprint density at radius 2 is 1.75 bits per heavy atom. The Morgan fingerprint density at radius 3 is 2.38 bits per heavy atom. The molecular formula is C24H35N3O4Si. The van der Waals surface area contributed by atoms with Crippen molar-refractivity contribution in [1.82, 2.24) is 9.58 Å². The van der Waals surface area contributed by atoms with Crippen LogP contribution >= 0.6 is 0 Å². The van der Waals surface area contributed by atoms with Gasteiger partial charge in [-0.25, -0.2) is 0 Å². The summed E-state index contributed by atoms with van der Waals surface area (Å²) >= 11 is 0. The summed E-state index contributed by atoms with van der Waals surface area (Å²) in [6, 6.07) is 10.9. The van der Waals surface area contributed by atoms with Crippen molar-refractivity contribution >= 4 is 14.2 Å². The van der Waals surface area contributed by atoms with Crippen LogP contribution < -0.4 is 15.2 Å². The SMILES string of the molecule is CC(CO[Si](C)(C)C(C)(C)C)N1CN(C)n2ccc(=O)c(OCc3ccccc3)c2C1=O. The molecule has 0 spiro atoms. The first-order chi connectivity index (χ1) is 14.9. The molecule has 0 fully saturated rings. The van der Waals surface area contributed by atoms with Gasteiger partial charge in [-0.1, -0.05) is 51.1 Å². The number of nitrogens with zero attached hydrogens (tertiary/aromatic N) is 3. The molecule has 174 valence electrons. The van der Waals surface area contributed by atoms with Crippen LogP contribution in [0.2, 0.25) is 18.1 Å². The first-order valence-electron chi connectivity index (χ1n) is 11.0. The Labute approximate surface area is 191 Å². The van der Waals surface area contributed by atoms with E-state index >= 15 is 0 Å². The molecule has 2 aromatic rings. The summed E-state index contributed by atoms with van der Waals surface area (Å²) in [6.07, 6.45) is 1.62. The number of fused-ring (bicyclic) bond motifs is 1. The second kappa shape index (κ2) is 9.11. The number of pyridine rings is 1. The fourth-order valence-corrected chi connectivity index (χ4v) is 4.41. The summed E-state index contributed by atoms with van der Waals surface area (Å²) in [5.74, 6) is -0.148. The number of carbonyl (C=O) groups excluding carboxylic acids is 1. The molecule has 0 saturated carbocycles. The smallest absolute Gasteiger partial charge is 0.278 e. The second-order valence-electron chi connectivity index (χ2n) is 9.97. The van der Waals surface area contributed by atoms with Crippen molar-refractivity contribution in [2.24, 2.45) is 0 Å². The van der Waals surface area contributed by atoms with Crippen LogP contribution in [-0.4, -0.2) is 50.2 Å². The highest BCUT2D eigenvalue weighted by molar-refractivity contribution is 6.74. The monoisotopic (exact) mass is 457 g/mol. The molecule has 0 radical (unpaired) electrons. The van der Waals surface area contributed by atoms with Crippen LogP contribution in [0.5, 0.6) is 5.75 Å². The number of hydrogen-bond donors (Lipinski definition) is 0. The van der Waals surface area contributed by atoms with E-state index in [2.05, 4.69) is 33.9 Å². The van der Waals surface area contributed by atoms with Crippen molar-refractivity contribution < 1.29 is 14.0 Å². The normalized spacial score (nSPS) is 15.5. The standard InChI is InChI=1S/C24H35N3O4Si/c1-18(15-31-32(6,7)24(2,3)4)26-17-25(5)27-14-13-20(28)22(21(27)23(26)29)30-16-19-11-9-8-10-12-19/h8-14,18H,15-17H2,1-7H3. The predicted molar refractivity (Wildman–Crippen MR) is 129 cm³/mol. The van der Waals surface area contributed by atoms with E-state index in [0.717, 1.165) is 5.56 Å². The lowest BCUT2D eigenvalue weighted by atomic mass is 10.2. The quantitative estimate of drug-likeness (QED) is 0.592. The molecule has 0 saturated heterocycles. The first-order valence-corrected chi connectivity index (χ1v) is 13.9. The molecule has 1 aromatic carbocycles. The van der Waals surface area contributed by atoms with E-state index in [0.29, 0.717) is 13.3 Å². The van der Waals surface area contributed by atoms with Gasteiger partial charge in [0, 0.05) is 19.3 Å². The Kier molecular flexibility index (Phi) is 6.85. The highest BCUT2D eigenvalue weighted by Gasteiger charge is 2.39. The van der Waals surface area contributed by atoms with E-state index in [4.69, 9.17) is 9.16 Å². The van der Waals surface area contributed by atoms with Crippen molar-refractivity contribution in [3.63, 3.8) is 0 Å². The molecule has 1 unspecified atom stereocenters. The molecule has 1 aliphatic rings. The van der Waals surface area contributed by atoms with Gasteiger partial charge in [-0.2, -0.15) is 0 Å². The van der Waals surface area contributed by atoms with Gasteiger partial charge in [-0.3, -0.25) is 19.3 Å². The molecule has 7 nitrogen and oxygen atoms in total. The number of amides is 1. The van der Waals surface area contributed by atoms with Crippen molar-refractivity contribution in [3.8, 4) is 5.75 Å². The molecule has 0 aliphatic carbocycles. The predicted octanol–water partition coefficient (Wildman–Crippen LogP) is 3.82. The van der Waals surface area contributed by atoms with Crippen molar-refractivity contribution in [1.29, 1.82) is 0 Å². The summed E-state index contributed by atoms with van der Waals surface area (Å²) < 4.78 is 14.0. The third-order valence-electron chi connectivity index (χ3n) is 6.47. The average molecular weight is 458 g/mol. The lowest BCUT2D eigenvalue weighted by Crippen LogP contribution is -2.57. The maximum absolute atomic E-state index is 13.5. The van der Waals surface area contributed by atoms with Crippen molar-refractivity contribution in [2.45, 2.75) is 58.5 Å². The van der Waals surface area contributed by atoms with Crippen LogP contribution in [-0.2, 0) is 11.0 Å². The van der Waals surface area contributed by atoms with E-state index in [-0.39, 0.29) is 40.5 Å². The molecule has 1 aliphatic heterocycles. The van der Waals surface area contributed by atoms with E-state index in [9.17, 15) is 9.59 Å². The van der Waals surface area contributed by atoms with Crippen LogP contribution in [0.1, 0.15) is 43.7 Å². The van der Waals surface area contributed by atoms with Gasteiger partial charge in [0.1, 0.15) is 13.3 Å². The van der Waals surface area contributed by atoms with Crippen LogP contribution in [0, 0.1) is 0 Å². The summed E-state index contributed by atoms with van der Waals surface area (Å²) in [6.45, 7) is 14.0. The van der Waals surface area contributed by atoms with Crippen LogP contribution in [0.25, 0.3) is 0 Å². The summed E-state index contributed by atoms with van der Waals surface area (Å²) in [5, 5.41) is 1.99. The molecule has 2 heterocycles. The zero-order valence-electron chi connectivity index (χ0n) is 20.2. The number of rotatable bonds is 7. The molecular weight excluding hydrogens is 422 g/mol. The zero-order chi connectivity index (χ0) is 23.7. The minimum Gasteiger partial charge on any atom is -0.482 e. The third kappa shape index (κ3) is 4.91. The van der Waals surface area contributed by atoms with Crippen LogP contribution in [0.15, 0.2) is 47.4 Å². The fraction of sp³-hybridized carbons (Fsp3) is 0.500. The van der Waals surface area contributed by atoms with Crippen LogP contribution in [0.3, 0.4) is 0 Å². The fourth-order valence-electron chi connectivity index (χ4n) is 3.32.